The summed E-state index contributed by atoms with van der Waals surface area (Å²) in [6, 6.07) is 22.5. The van der Waals surface area contributed by atoms with E-state index in [0.717, 1.165) is 70.3 Å². The summed E-state index contributed by atoms with van der Waals surface area (Å²) in [4.78, 5) is 34.8. The Morgan fingerprint density at radius 2 is 1.59 bits per heavy atom. The number of benzene rings is 2. The molecule has 1 saturated carbocycles. The third kappa shape index (κ3) is 8.00. The van der Waals surface area contributed by atoms with Crippen LogP contribution in [0.4, 0.5) is 0 Å². The highest BCUT2D eigenvalue weighted by Crippen LogP contribution is 2.27. The van der Waals surface area contributed by atoms with E-state index in [-0.39, 0.29) is 30.0 Å². The quantitative estimate of drug-likeness (QED) is 0.364. The Kier molecular flexibility index (Phi) is 10.2. The molecule has 1 N–H and O–H groups in total. The maximum atomic E-state index is 13.4. The Labute approximate surface area is 259 Å². The van der Waals surface area contributed by atoms with Crippen LogP contribution in [0.15, 0.2) is 66.9 Å². The molecule has 2 fully saturated rings. The van der Waals surface area contributed by atoms with Gasteiger partial charge in [-0.1, -0.05) is 18.6 Å². The zero-order valence-corrected chi connectivity index (χ0v) is 25.1. The van der Waals surface area contributed by atoms with Crippen molar-refractivity contribution in [3.05, 3.63) is 94.8 Å². The summed E-state index contributed by atoms with van der Waals surface area (Å²) in [6.07, 6.45) is 7.76. The second-order valence-electron chi connectivity index (χ2n) is 11.7. The van der Waals surface area contributed by atoms with E-state index >= 15 is 0 Å². The molecule has 9 nitrogen and oxygen atoms in total. The molecule has 2 aromatic carbocycles. The van der Waals surface area contributed by atoms with Gasteiger partial charge in [0.15, 0.2) is 0 Å². The number of ether oxygens (including phenoxy) is 1. The van der Waals surface area contributed by atoms with E-state index < -0.39 is 0 Å². The number of carbonyl (C=O) groups is 2. The fraction of sp³-hybridized carbons (Fsp3) is 0.400. The Balaban J connectivity index is 1.10. The number of hydrogen-bond acceptors (Lipinski definition) is 7. The summed E-state index contributed by atoms with van der Waals surface area (Å²) in [5.41, 5.74) is 3.18. The van der Waals surface area contributed by atoms with Gasteiger partial charge < -0.3 is 15.0 Å². The number of likely N-dealkylation sites (tertiary alicyclic amines) is 1. The Morgan fingerprint density at radius 3 is 2.23 bits per heavy atom. The summed E-state index contributed by atoms with van der Waals surface area (Å²) in [6.45, 7) is 2.57. The number of piperidine rings is 1. The second kappa shape index (κ2) is 14.6. The minimum absolute atomic E-state index is 0.0160. The third-order valence-electron chi connectivity index (χ3n) is 8.66. The average molecular weight is 591 g/mol. The molecule has 1 saturated heterocycles. The fourth-order valence-electron chi connectivity index (χ4n) is 6.01. The fourth-order valence-corrected chi connectivity index (χ4v) is 6.01. The van der Waals surface area contributed by atoms with Gasteiger partial charge in [-0.25, -0.2) is 0 Å². The zero-order chi connectivity index (χ0) is 30.9. The summed E-state index contributed by atoms with van der Waals surface area (Å²) < 4.78 is 6.23. The smallest absolute Gasteiger partial charge is 0.270 e. The molecule has 0 radical (unpaired) electrons. The van der Waals surface area contributed by atoms with Crippen LogP contribution in [0.25, 0.3) is 0 Å². The molecule has 0 bridgehead atoms. The summed E-state index contributed by atoms with van der Waals surface area (Å²) in [5.74, 6) is 0.382. The van der Waals surface area contributed by atoms with Gasteiger partial charge in [0.05, 0.1) is 28.8 Å². The van der Waals surface area contributed by atoms with Crippen molar-refractivity contribution in [3.8, 4) is 17.9 Å². The monoisotopic (exact) mass is 590 g/mol. The molecule has 0 spiro atoms. The standard InChI is InChI=1S/C35H38N6O3/c1-40(30-4-2-3-5-32(20-30)44-31-13-10-26(22-37)11-14-31)35(43)28-12-15-33(38-23-28)34(42)39-29-16-18-41(19-17-29)24-27-8-6-25(21-36)7-9-27/h6-15,23,29-30,32H,2-5,16-20,24H2,1H3,(H,39,42)/t30-,32-/m1/s1. The SMILES string of the molecule is CN(C(=O)c1ccc(C(=O)NC2CCN(Cc3ccc(C#N)cc3)CC2)nc1)[C@@H]1CCCC[C@@H](Oc2ccc(C#N)cc2)C1. The van der Waals surface area contributed by atoms with Crippen LogP contribution in [0.3, 0.4) is 0 Å². The van der Waals surface area contributed by atoms with Crippen molar-refractivity contribution >= 4 is 11.8 Å². The van der Waals surface area contributed by atoms with E-state index in [1.165, 1.54) is 11.8 Å². The molecule has 2 heterocycles. The lowest BCUT2D eigenvalue weighted by atomic mass is 10.0. The van der Waals surface area contributed by atoms with Crippen LogP contribution in [-0.4, -0.2) is 64.9 Å². The second-order valence-corrected chi connectivity index (χ2v) is 11.7. The van der Waals surface area contributed by atoms with Crippen LogP contribution in [-0.2, 0) is 6.54 Å². The van der Waals surface area contributed by atoms with Gasteiger partial charge in [0.2, 0.25) is 0 Å². The summed E-state index contributed by atoms with van der Waals surface area (Å²) in [5, 5.41) is 21.1. The van der Waals surface area contributed by atoms with Crippen molar-refractivity contribution < 1.29 is 14.3 Å². The number of amides is 2. The van der Waals surface area contributed by atoms with E-state index in [9.17, 15) is 9.59 Å². The number of nitriles is 2. The van der Waals surface area contributed by atoms with Crippen molar-refractivity contribution in [2.75, 3.05) is 20.1 Å². The molecule has 2 aliphatic rings. The Hall–Kier alpha value is -4.73. The summed E-state index contributed by atoms with van der Waals surface area (Å²) in [7, 11) is 1.82. The molecular weight excluding hydrogens is 552 g/mol. The number of rotatable bonds is 8. The van der Waals surface area contributed by atoms with Gasteiger partial charge in [0.25, 0.3) is 11.8 Å². The first kappa shape index (κ1) is 30.7. The van der Waals surface area contributed by atoms with Gasteiger partial charge in [-0.2, -0.15) is 10.5 Å². The Bertz CT molecular complexity index is 1500. The lowest BCUT2D eigenvalue weighted by Crippen LogP contribution is -2.44. The van der Waals surface area contributed by atoms with Crippen LogP contribution >= 0.6 is 0 Å². The number of nitrogens with zero attached hydrogens (tertiary/aromatic N) is 5. The molecule has 1 aliphatic carbocycles. The van der Waals surface area contributed by atoms with E-state index in [4.69, 9.17) is 15.3 Å². The van der Waals surface area contributed by atoms with Gasteiger partial charge in [0, 0.05) is 51.4 Å². The minimum Gasteiger partial charge on any atom is -0.490 e. The van der Waals surface area contributed by atoms with Crippen LogP contribution in [0.2, 0.25) is 0 Å². The molecule has 5 rings (SSSR count). The summed E-state index contributed by atoms with van der Waals surface area (Å²) >= 11 is 0. The molecule has 3 aromatic rings. The van der Waals surface area contributed by atoms with Crippen molar-refractivity contribution in [1.82, 2.24) is 20.1 Å². The predicted octanol–water partition coefficient (Wildman–Crippen LogP) is 5.07. The van der Waals surface area contributed by atoms with E-state index in [1.54, 1.807) is 29.2 Å². The first-order valence-electron chi connectivity index (χ1n) is 15.3. The number of aromatic nitrogens is 1. The number of pyridine rings is 1. The van der Waals surface area contributed by atoms with E-state index in [2.05, 4.69) is 27.3 Å². The van der Waals surface area contributed by atoms with Crippen LogP contribution in [0.5, 0.6) is 5.75 Å². The minimum atomic E-state index is -0.227. The van der Waals surface area contributed by atoms with E-state index in [0.29, 0.717) is 22.4 Å². The lowest BCUT2D eigenvalue weighted by Gasteiger charge is -2.32. The largest absolute Gasteiger partial charge is 0.490 e. The number of carbonyl (C=O) groups excluding carboxylic acids is 2. The van der Waals surface area contributed by atoms with Crippen LogP contribution in [0, 0.1) is 22.7 Å². The van der Waals surface area contributed by atoms with Gasteiger partial charge >= 0.3 is 0 Å². The topological polar surface area (TPSA) is 122 Å². The van der Waals surface area contributed by atoms with E-state index in [1.807, 2.05) is 43.4 Å². The number of hydrogen-bond donors (Lipinski definition) is 1. The Morgan fingerprint density at radius 1 is 0.932 bits per heavy atom. The molecule has 1 aromatic heterocycles. The maximum absolute atomic E-state index is 13.4. The van der Waals surface area contributed by atoms with Crippen molar-refractivity contribution in [2.24, 2.45) is 0 Å². The van der Waals surface area contributed by atoms with Crippen LogP contribution in [0.1, 0.15) is 82.5 Å². The maximum Gasteiger partial charge on any atom is 0.270 e. The number of nitrogens with one attached hydrogen (secondary N) is 1. The molecule has 1 aliphatic heterocycles. The average Bonchev–Trinajstić information content (AvgIpc) is 3.31. The van der Waals surface area contributed by atoms with Gasteiger partial charge in [0.1, 0.15) is 17.5 Å². The predicted molar refractivity (Wildman–Crippen MR) is 166 cm³/mol. The molecule has 0 unspecified atom stereocenters. The van der Waals surface area contributed by atoms with Gasteiger partial charge in [-0.3, -0.25) is 19.5 Å². The van der Waals surface area contributed by atoms with Crippen molar-refractivity contribution in [3.63, 3.8) is 0 Å². The molecule has 2 atom stereocenters. The highest BCUT2D eigenvalue weighted by atomic mass is 16.5. The lowest BCUT2D eigenvalue weighted by molar-refractivity contribution is 0.0673. The zero-order valence-electron chi connectivity index (χ0n) is 25.1. The van der Waals surface area contributed by atoms with Crippen molar-refractivity contribution in [1.29, 1.82) is 10.5 Å². The first-order chi connectivity index (χ1) is 21.4. The van der Waals surface area contributed by atoms with Crippen LogP contribution < -0.4 is 10.1 Å². The van der Waals surface area contributed by atoms with Gasteiger partial charge in [-0.15, -0.1) is 0 Å². The highest BCUT2D eigenvalue weighted by Gasteiger charge is 2.28. The molecule has 44 heavy (non-hydrogen) atoms. The molecule has 9 heteroatoms. The molecule has 2 amide bonds. The van der Waals surface area contributed by atoms with Crippen molar-refractivity contribution in [2.45, 2.75) is 69.7 Å². The molecule has 226 valence electrons. The van der Waals surface area contributed by atoms with Gasteiger partial charge in [-0.05, 0) is 86.2 Å². The first-order valence-corrected chi connectivity index (χ1v) is 15.3. The highest BCUT2D eigenvalue weighted by molar-refractivity contribution is 5.96. The molecular formula is C35H38N6O3. The third-order valence-corrected chi connectivity index (χ3v) is 8.66. The normalized spacial score (nSPS) is 19.2.